The zero-order valence-electron chi connectivity index (χ0n) is 7.70. The Morgan fingerprint density at radius 1 is 1.40 bits per heavy atom. The number of hydrogen-bond donors (Lipinski definition) is 2. The monoisotopic (exact) mass is 320 g/mol. The molecule has 3 N–H and O–H groups in total. The zero-order valence-corrected chi connectivity index (χ0v) is 9.85. The van der Waals surface area contributed by atoms with E-state index in [2.05, 4.69) is 10.3 Å². The van der Waals surface area contributed by atoms with E-state index >= 15 is 0 Å². The lowest BCUT2D eigenvalue weighted by atomic mass is 10.2. The quantitative estimate of drug-likeness (QED) is 0.624. The zero-order chi connectivity index (χ0) is 11.3. The number of halogens is 1. The number of nitrogens with one attached hydrogen (secondary N) is 1. The van der Waals surface area contributed by atoms with E-state index in [9.17, 15) is 9.59 Å². The van der Waals surface area contributed by atoms with E-state index in [4.69, 9.17) is 5.73 Å². The summed E-state index contributed by atoms with van der Waals surface area (Å²) in [4.78, 5) is 26.4. The highest BCUT2D eigenvalue weighted by Gasteiger charge is 2.08. The number of primary amides is 1. The first-order chi connectivity index (χ1) is 7.11. The maximum Gasteiger partial charge on any atom is 0.275 e. The van der Waals surface area contributed by atoms with Crippen molar-refractivity contribution in [1.82, 2.24) is 5.48 Å². The van der Waals surface area contributed by atoms with Crippen LogP contribution in [-0.4, -0.2) is 18.4 Å². The van der Waals surface area contributed by atoms with Gasteiger partial charge in [0.25, 0.3) is 5.91 Å². The van der Waals surface area contributed by atoms with Gasteiger partial charge in [0.2, 0.25) is 5.91 Å². The Balaban J connectivity index is 2.54. The highest BCUT2D eigenvalue weighted by Crippen LogP contribution is 2.10. The van der Waals surface area contributed by atoms with Gasteiger partial charge in [-0.05, 0) is 34.7 Å². The maximum absolute atomic E-state index is 11.5. The van der Waals surface area contributed by atoms with Gasteiger partial charge < -0.3 is 5.73 Å². The minimum Gasteiger partial charge on any atom is -0.368 e. The van der Waals surface area contributed by atoms with Crippen LogP contribution in [0.4, 0.5) is 0 Å². The molecular formula is C9H9IN2O3. The molecule has 15 heavy (non-hydrogen) atoms. The molecule has 0 atom stereocenters. The molecule has 0 aromatic heterocycles. The third-order valence-electron chi connectivity index (χ3n) is 1.50. The highest BCUT2D eigenvalue weighted by molar-refractivity contribution is 14.1. The molecule has 0 radical (unpaired) electrons. The van der Waals surface area contributed by atoms with Gasteiger partial charge in [0.15, 0.2) is 6.61 Å². The van der Waals surface area contributed by atoms with Crippen LogP contribution >= 0.6 is 22.6 Å². The summed E-state index contributed by atoms with van der Waals surface area (Å²) in [6.07, 6.45) is 0. The van der Waals surface area contributed by atoms with Crippen LogP contribution in [0.3, 0.4) is 0 Å². The smallest absolute Gasteiger partial charge is 0.275 e. The Morgan fingerprint density at radius 3 is 2.67 bits per heavy atom. The van der Waals surface area contributed by atoms with Gasteiger partial charge in [-0.15, -0.1) is 0 Å². The first kappa shape index (κ1) is 11.9. The van der Waals surface area contributed by atoms with E-state index < -0.39 is 11.8 Å². The Kier molecular flexibility index (Phi) is 4.50. The second-order valence-electron chi connectivity index (χ2n) is 2.67. The average Bonchev–Trinajstić information content (AvgIpc) is 2.17. The van der Waals surface area contributed by atoms with Crippen molar-refractivity contribution < 1.29 is 14.4 Å². The second-order valence-corrected chi connectivity index (χ2v) is 3.83. The van der Waals surface area contributed by atoms with Crippen molar-refractivity contribution in [2.24, 2.45) is 5.73 Å². The van der Waals surface area contributed by atoms with Crippen molar-refractivity contribution in [2.45, 2.75) is 0 Å². The molecule has 0 fully saturated rings. The van der Waals surface area contributed by atoms with Crippen molar-refractivity contribution >= 4 is 34.4 Å². The summed E-state index contributed by atoms with van der Waals surface area (Å²) in [5.41, 5.74) is 7.45. The molecule has 0 aliphatic heterocycles. The molecule has 1 rings (SSSR count). The minimum atomic E-state index is -0.641. The van der Waals surface area contributed by atoms with Crippen LogP contribution < -0.4 is 11.2 Å². The largest absolute Gasteiger partial charge is 0.368 e. The van der Waals surface area contributed by atoms with Crippen molar-refractivity contribution in [3.63, 3.8) is 0 Å². The average molecular weight is 320 g/mol. The van der Waals surface area contributed by atoms with Gasteiger partial charge in [-0.3, -0.25) is 14.4 Å². The standard InChI is InChI=1S/C9H9IN2O3/c10-7-4-2-1-3-6(7)9(14)12-15-5-8(11)13/h1-4H,5H2,(H2,11,13)(H,12,14). The fraction of sp³-hybridized carbons (Fsp3) is 0.111. The molecule has 0 saturated carbocycles. The van der Waals surface area contributed by atoms with Crippen molar-refractivity contribution in [3.8, 4) is 0 Å². The molecule has 0 aliphatic rings. The number of amides is 2. The Morgan fingerprint density at radius 2 is 2.07 bits per heavy atom. The summed E-state index contributed by atoms with van der Waals surface area (Å²) in [6, 6.07) is 7.02. The van der Waals surface area contributed by atoms with Crippen LogP contribution in [-0.2, 0) is 9.63 Å². The predicted molar refractivity (Wildman–Crippen MR) is 61.8 cm³/mol. The molecule has 1 aromatic rings. The number of nitrogens with two attached hydrogens (primary N) is 1. The fourth-order valence-electron chi connectivity index (χ4n) is 0.873. The summed E-state index contributed by atoms with van der Waals surface area (Å²) >= 11 is 2.03. The van der Waals surface area contributed by atoms with E-state index in [0.29, 0.717) is 5.56 Å². The van der Waals surface area contributed by atoms with Crippen molar-refractivity contribution in [2.75, 3.05) is 6.61 Å². The summed E-state index contributed by atoms with van der Waals surface area (Å²) < 4.78 is 0.801. The first-order valence-corrected chi connectivity index (χ1v) is 5.14. The third kappa shape index (κ3) is 3.84. The maximum atomic E-state index is 11.5. The second kappa shape index (κ2) is 5.66. The van der Waals surface area contributed by atoms with Crippen LogP contribution in [0.1, 0.15) is 10.4 Å². The van der Waals surface area contributed by atoms with E-state index in [1.807, 2.05) is 28.7 Å². The molecule has 6 heteroatoms. The lowest BCUT2D eigenvalue weighted by Crippen LogP contribution is -2.29. The van der Waals surface area contributed by atoms with Crippen LogP contribution in [0.2, 0.25) is 0 Å². The van der Waals surface area contributed by atoms with Crippen molar-refractivity contribution in [3.05, 3.63) is 33.4 Å². The van der Waals surface area contributed by atoms with E-state index in [1.54, 1.807) is 18.2 Å². The normalized spacial score (nSPS) is 9.67. The first-order valence-electron chi connectivity index (χ1n) is 4.06. The van der Waals surface area contributed by atoms with E-state index in [-0.39, 0.29) is 6.61 Å². The number of rotatable bonds is 4. The SMILES string of the molecule is NC(=O)CONC(=O)c1ccccc1I. The molecule has 0 heterocycles. The van der Waals surface area contributed by atoms with Gasteiger partial charge >= 0.3 is 0 Å². The Bertz CT molecular complexity index is 381. The van der Waals surface area contributed by atoms with Crippen LogP contribution in [0.25, 0.3) is 0 Å². The minimum absolute atomic E-state index is 0.338. The van der Waals surface area contributed by atoms with Gasteiger partial charge in [-0.2, -0.15) is 0 Å². The summed E-state index contributed by atoms with van der Waals surface area (Å²) in [5, 5.41) is 0. The van der Waals surface area contributed by atoms with E-state index in [0.717, 1.165) is 3.57 Å². The molecule has 1 aromatic carbocycles. The predicted octanol–water partition coefficient (Wildman–Crippen LogP) is 0.438. The van der Waals surface area contributed by atoms with Gasteiger partial charge in [-0.1, -0.05) is 12.1 Å². The third-order valence-corrected chi connectivity index (χ3v) is 2.44. The van der Waals surface area contributed by atoms with Crippen LogP contribution in [0.5, 0.6) is 0 Å². The highest BCUT2D eigenvalue weighted by atomic mass is 127. The molecule has 0 aliphatic carbocycles. The van der Waals surface area contributed by atoms with Gasteiger partial charge in [0.1, 0.15) is 0 Å². The molecule has 0 bridgehead atoms. The topological polar surface area (TPSA) is 81.4 Å². The van der Waals surface area contributed by atoms with Gasteiger partial charge in [0.05, 0.1) is 5.56 Å². The van der Waals surface area contributed by atoms with Gasteiger partial charge in [0, 0.05) is 3.57 Å². The number of carbonyl (C=O) groups excluding carboxylic acids is 2. The number of carbonyl (C=O) groups is 2. The molecule has 0 saturated heterocycles. The number of hydrogen-bond acceptors (Lipinski definition) is 3. The summed E-state index contributed by atoms with van der Waals surface area (Å²) in [5.74, 6) is -1.04. The molecule has 0 spiro atoms. The van der Waals surface area contributed by atoms with Crippen molar-refractivity contribution in [1.29, 1.82) is 0 Å². The summed E-state index contributed by atoms with van der Waals surface area (Å²) in [7, 11) is 0. The molecular weight excluding hydrogens is 311 g/mol. The fourth-order valence-corrected chi connectivity index (χ4v) is 1.51. The molecule has 0 unspecified atom stereocenters. The summed E-state index contributed by atoms with van der Waals surface area (Å²) in [6.45, 7) is -0.338. The van der Waals surface area contributed by atoms with Gasteiger partial charge in [-0.25, -0.2) is 5.48 Å². The van der Waals surface area contributed by atoms with E-state index in [1.165, 1.54) is 0 Å². The number of benzene rings is 1. The Hall–Kier alpha value is -1.15. The van der Waals surface area contributed by atoms with Crippen LogP contribution in [0.15, 0.2) is 24.3 Å². The molecule has 2 amide bonds. The molecule has 80 valence electrons. The number of hydroxylamine groups is 1. The lowest BCUT2D eigenvalue weighted by Gasteiger charge is -2.05. The van der Waals surface area contributed by atoms with Crippen LogP contribution in [0, 0.1) is 3.57 Å². The Labute approximate surface area is 100 Å². The molecule has 5 nitrogen and oxygen atoms in total. The lowest BCUT2D eigenvalue weighted by molar-refractivity contribution is -0.124.